The Morgan fingerprint density at radius 2 is 1.97 bits per heavy atom. The minimum Gasteiger partial charge on any atom is -0.497 e. The summed E-state index contributed by atoms with van der Waals surface area (Å²) >= 11 is 0. The van der Waals surface area contributed by atoms with Crippen LogP contribution in [0.2, 0.25) is 0 Å². The molecule has 0 aromatic heterocycles. The lowest BCUT2D eigenvalue weighted by Crippen LogP contribution is -2.49. The number of fused-ring (bicyclic) bond motifs is 3. The smallest absolute Gasteiger partial charge is 0.339 e. The second-order valence-electron chi connectivity index (χ2n) is 11.0. The van der Waals surface area contributed by atoms with Gasteiger partial charge in [-0.15, -0.1) is 0 Å². The third-order valence-corrected chi connectivity index (χ3v) is 8.38. The number of esters is 2. The van der Waals surface area contributed by atoms with Gasteiger partial charge in [-0.2, -0.15) is 0 Å². The summed E-state index contributed by atoms with van der Waals surface area (Å²) in [7, 11) is 2.82. The molecule has 0 amide bonds. The molecule has 1 aromatic rings. The van der Waals surface area contributed by atoms with Gasteiger partial charge in [-0.1, -0.05) is 13.8 Å². The second-order valence-corrected chi connectivity index (χ2v) is 11.0. The number of hydrogen-bond acceptors (Lipinski definition) is 9. The van der Waals surface area contributed by atoms with Crippen molar-refractivity contribution < 1.29 is 38.4 Å². The van der Waals surface area contributed by atoms with Crippen LogP contribution in [0.25, 0.3) is 0 Å². The summed E-state index contributed by atoms with van der Waals surface area (Å²) in [5, 5.41) is 11.4. The van der Waals surface area contributed by atoms with Crippen LogP contribution in [0, 0.1) is 5.92 Å². The molecule has 9 nitrogen and oxygen atoms in total. The third kappa shape index (κ3) is 4.46. The van der Waals surface area contributed by atoms with E-state index < -0.39 is 30.1 Å². The zero-order valence-electron chi connectivity index (χ0n) is 22.1. The van der Waals surface area contributed by atoms with Crippen molar-refractivity contribution in [3.05, 3.63) is 35.1 Å². The topological polar surface area (TPSA) is 104 Å². The quantitative estimate of drug-likeness (QED) is 0.523. The van der Waals surface area contributed by atoms with Crippen LogP contribution in [0.5, 0.6) is 11.5 Å². The first kappa shape index (κ1) is 25.9. The zero-order chi connectivity index (χ0) is 26.4. The molecule has 1 aliphatic carbocycles. The maximum atomic E-state index is 13.7. The molecular weight excluding hydrogens is 478 g/mol. The highest BCUT2D eigenvalue weighted by molar-refractivity contribution is 5.86. The number of carbonyl (C=O) groups excluding carboxylic acids is 2. The Morgan fingerprint density at radius 1 is 1.22 bits per heavy atom. The molecule has 37 heavy (non-hydrogen) atoms. The Morgan fingerprint density at radius 3 is 2.68 bits per heavy atom. The standard InChI is InChI=1S/C28H37NO8/c1-17(2)6-9-28(32,15-23(30)34-4)26(31)37-25-22(33-3)14-27-8-5-10-29(27)11-7-18-12-20-21(36-16-35-20)13-19(18)24(25)27/h12-14,17,24-25,32H,5-11,15-16H2,1-4H3/t24-,25-,27+,28-/m1/s1. The molecule has 1 fully saturated rings. The first-order chi connectivity index (χ1) is 17.7. The molecule has 1 N–H and O–H groups in total. The van der Waals surface area contributed by atoms with Gasteiger partial charge in [0.1, 0.15) is 5.76 Å². The summed E-state index contributed by atoms with van der Waals surface area (Å²) in [5.74, 6) is 0.431. The van der Waals surface area contributed by atoms with Crippen molar-refractivity contribution in [2.75, 3.05) is 34.1 Å². The van der Waals surface area contributed by atoms with E-state index in [1.165, 1.54) is 7.11 Å². The minimum atomic E-state index is -2.00. The average molecular weight is 516 g/mol. The van der Waals surface area contributed by atoms with E-state index in [1.54, 1.807) is 7.11 Å². The first-order valence-corrected chi connectivity index (χ1v) is 13.2. The van der Waals surface area contributed by atoms with Crippen molar-refractivity contribution >= 4 is 11.9 Å². The molecule has 1 spiro atoms. The number of carbonyl (C=O) groups is 2. The molecule has 202 valence electrons. The van der Waals surface area contributed by atoms with Gasteiger partial charge in [-0.3, -0.25) is 9.69 Å². The van der Waals surface area contributed by atoms with E-state index in [9.17, 15) is 14.7 Å². The van der Waals surface area contributed by atoms with E-state index >= 15 is 0 Å². The Balaban J connectivity index is 1.54. The van der Waals surface area contributed by atoms with E-state index in [0.29, 0.717) is 17.9 Å². The molecule has 9 heteroatoms. The Labute approximate surface area is 217 Å². The number of ether oxygens (including phenoxy) is 5. The van der Waals surface area contributed by atoms with Crippen LogP contribution in [-0.2, 0) is 30.2 Å². The number of benzene rings is 1. The number of hydrogen-bond donors (Lipinski definition) is 1. The summed E-state index contributed by atoms with van der Waals surface area (Å²) < 4.78 is 28.1. The molecule has 0 saturated carbocycles. The van der Waals surface area contributed by atoms with Crippen LogP contribution in [-0.4, -0.2) is 73.3 Å². The molecule has 0 bridgehead atoms. The molecule has 4 aliphatic rings. The molecule has 5 rings (SSSR count). The van der Waals surface area contributed by atoms with Crippen molar-refractivity contribution in [3.8, 4) is 11.5 Å². The molecule has 3 heterocycles. The summed E-state index contributed by atoms with van der Waals surface area (Å²) in [6, 6.07) is 4.05. The van der Waals surface area contributed by atoms with E-state index in [0.717, 1.165) is 49.2 Å². The van der Waals surface area contributed by atoms with Gasteiger partial charge in [-0.25, -0.2) is 4.79 Å². The van der Waals surface area contributed by atoms with E-state index in [1.807, 2.05) is 26.0 Å². The summed E-state index contributed by atoms with van der Waals surface area (Å²) in [5.41, 5.74) is -0.217. The van der Waals surface area contributed by atoms with Crippen LogP contribution in [0.15, 0.2) is 24.0 Å². The maximum absolute atomic E-state index is 13.7. The highest BCUT2D eigenvalue weighted by Gasteiger charge is 2.59. The summed E-state index contributed by atoms with van der Waals surface area (Å²) in [4.78, 5) is 28.3. The molecule has 0 unspecified atom stereocenters. The van der Waals surface area contributed by atoms with Crippen LogP contribution in [0.3, 0.4) is 0 Å². The highest BCUT2D eigenvalue weighted by atomic mass is 16.7. The van der Waals surface area contributed by atoms with Crippen LogP contribution in [0.4, 0.5) is 0 Å². The van der Waals surface area contributed by atoms with Crippen molar-refractivity contribution in [2.45, 2.75) is 75.5 Å². The third-order valence-electron chi connectivity index (χ3n) is 8.38. The summed E-state index contributed by atoms with van der Waals surface area (Å²) in [6.45, 7) is 5.97. The van der Waals surface area contributed by atoms with Gasteiger partial charge in [0.05, 0.1) is 32.1 Å². The summed E-state index contributed by atoms with van der Waals surface area (Å²) in [6.07, 6.45) is 4.26. The lowest BCUT2D eigenvalue weighted by Gasteiger charge is -2.39. The predicted octanol–water partition coefficient (Wildman–Crippen LogP) is 3.08. The fraction of sp³-hybridized carbons (Fsp3) is 0.643. The molecule has 4 atom stereocenters. The van der Waals surface area contributed by atoms with Crippen molar-refractivity contribution in [2.24, 2.45) is 5.92 Å². The largest absolute Gasteiger partial charge is 0.497 e. The van der Waals surface area contributed by atoms with Crippen LogP contribution >= 0.6 is 0 Å². The Kier molecular flexibility index (Phi) is 6.87. The van der Waals surface area contributed by atoms with E-state index in [2.05, 4.69) is 11.0 Å². The number of methoxy groups -OCH3 is 2. The van der Waals surface area contributed by atoms with Crippen LogP contribution < -0.4 is 9.47 Å². The van der Waals surface area contributed by atoms with Crippen molar-refractivity contribution in [1.29, 1.82) is 0 Å². The van der Waals surface area contributed by atoms with Gasteiger partial charge < -0.3 is 28.8 Å². The monoisotopic (exact) mass is 515 g/mol. The van der Waals surface area contributed by atoms with Gasteiger partial charge >= 0.3 is 11.9 Å². The predicted molar refractivity (Wildman–Crippen MR) is 133 cm³/mol. The second kappa shape index (κ2) is 9.83. The number of rotatable bonds is 8. The zero-order valence-corrected chi connectivity index (χ0v) is 22.1. The van der Waals surface area contributed by atoms with Gasteiger partial charge in [0.2, 0.25) is 6.79 Å². The minimum absolute atomic E-state index is 0.0918. The SMILES string of the molecule is COC(=O)C[C@](O)(CCC(C)C)C(=O)O[C@@H]1C(OC)=C[C@]23CCCN2CCc2cc4c(cc2[C@H]13)OCO4. The Bertz CT molecular complexity index is 1100. The normalized spacial score (nSPS) is 27.5. The fourth-order valence-corrected chi connectivity index (χ4v) is 6.42. The molecule has 0 radical (unpaired) electrons. The van der Waals surface area contributed by atoms with Gasteiger partial charge in [-0.05, 0) is 73.9 Å². The van der Waals surface area contributed by atoms with Gasteiger partial charge in [0.15, 0.2) is 23.2 Å². The van der Waals surface area contributed by atoms with Crippen molar-refractivity contribution in [1.82, 2.24) is 4.90 Å². The number of nitrogens with zero attached hydrogens (tertiary/aromatic N) is 1. The van der Waals surface area contributed by atoms with Crippen LogP contribution in [0.1, 0.15) is 63.0 Å². The molecule has 1 saturated heterocycles. The van der Waals surface area contributed by atoms with E-state index in [4.69, 9.17) is 23.7 Å². The number of aliphatic hydroxyl groups is 1. The highest BCUT2D eigenvalue weighted by Crippen LogP contribution is 2.55. The van der Waals surface area contributed by atoms with Gasteiger partial charge in [0, 0.05) is 6.54 Å². The van der Waals surface area contributed by atoms with Gasteiger partial charge in [0.25, 0.3) is 0 Å². The molecule has 3 aliphatic heterocycles. The maximum Gasteiger partial charge on any atom is 0.339 e. The lowest BCUT2D eigenvalue weighted by molar-refractivity contribution is -0.178. The molecule has 1 aromatic carbocycles. The first-order valence-electron chi connectivity index (χ1n) is 13.2. The average Bonchev–Trinajstić information content (AvgIpc) is 3.56. The molecular formula is C28H37NO8. The van der Waals surface area contributed by atoms with Crippen molar-refractivity contribution in [3.63, 3.8) is 0 Å². The van der Waals surface area contributed by atoms with E-state index in [-0.39, 0.29) is 30.6 Å². The fourth-order valence-electron chi connectivity index (χ4n) is 6.42. The Hall–Kier alpha value is -2.78. The lowest BCUT2D eigenvalue weighted by atomic mass is 9.77.